The van der Waals surface area contributed by atoms with Crippen LogP contribution in [0.25, 0.3) is 22.1 Å². The molecule has 0 spiro atoms. The van der Waals surface area contributed by atoms with Gasteiger partial charge in [-0.25, -0.2) is 0 Å². The first-order valence-electron chi connectivity index (χ1n) is 11.5. The molecule has 1 aliphatic heterocycles. The van der Waals surface area contributed by atoms with E-state index in [1.807, 2.05) is 12.1 Å². The Kier molecular flexibility index (Phi) is 7.72. The van der Waals surface area contributed by atoms with Crippen molar-refractivity contribution in [2.45, 2.75) is 6.92 Å². The van der Waals surface area contributed by atoms with E-state index in [4.69, 9.17) is 23.7 Å². The number of methoxy groups -OCH3 is 2. The average molecular weight is 469 g/mol. The van der Waals surface area contributed by atoms with Gasteiger partial charge in [0.05, 0.1) is 31.8 Å². The Hall–Kier alpha value is -3.07. The molecule has 0 unspecified atom stereocenters. The summed E-state index contributed by atoms with van der Waals surface area (Å²) in [6, 6.07) is 10.7. The number of rotatable bonds is 9. The zero-order valence-corrected chi connectivity index (χ0v) is 20.0. The molecule has 34 heavy (non-hydrogen) atoms. The number of aryl methyl sites for hydroxylation is 1. The van der Waals surface area contributed by atoms with Gasteiger partial charge < -0.3 is 23.7 Å². The average Bonchev–Trinajstić information content (AvgIpc) is 2.85. The number of benzene rings is 2. The Morgan fingerprint density at radius 3 is 2.32 bits per heavy atom. The number of nitrogens with zero attached hydrogens (tertiary/aromatic N) is 2. The number of hydrogen-bond donors (Lipinski definition) is 1. The Balaban J connectivity index is 1.47. The largest absolute Gasteiger partial charge is 0.493 e. The molecular formula is C26H32N2O6. The van der Waals surface area contributed by atoms with Gasteiger partial charge in [0.1, 0.15) is 23.7 Å². The molecule has 1 saturated heterocycles. The summed E-state index contributed by atoms with van der Waals surface area (Å²) < 4.78 is 22.7. The molecule has 0 aliphatic carbocycles. The minimum atomic E-state index is -0.0988. The summed E-state index contributed by atoms with van der Waals surface area (Å²) in [5.41, 5.74) is 1.62. The fraction of sp³-hybridized carbons (Fsp3) is 0.423. The van der Waals surface area contributed by atoms with Gasteiger partial charge in [0, 0.05) is 45.3 Å². The van der Waals surface area contributed by atoms with E-state index in [9.17, 15) is 4.79 Å². The van der Waals surface area contributed by atoms with Crippen molar-refractivity contribution < 1.29 is 23.7 Å². The maximum Gasteiger partial charge on any atom is 0.200 e. The van der Waals surface area contributed by atoms with Crippen molar-refractivity contribution in [3.63, 3.8) is 0 Å². The summed E-state index contributed by atoms with van der Waals surface area (Å²) in [5.74, 6) is 2.36. The Bertz CT molecular complexity index is 1180. The Morgan fingerprint density at radius 1 is 0.941 bits per heavy atom. The molecule has 2 aromatic carbocycles. The molecule has 0 atom stereocenters. The maximum absolute atomic E-state index is 13.3. The maximum atomic E-state index is 13.3. The minimum absolute atomic E-state index is 0.0988. The second kappa shape index (κ2) is 10.9. The quantitative estimate of drug-likeness (QED) is 0.513. The van der Waals surface area contributed by atoms with Crippen LogP contribution in [0.3, 0.4) is 0 Å². The number of aliphatic hydroxyl groups is 1. The number of hydrogen-bond acceptors (Lipinski definition) is 8. The van der Waals surface area contributed by atoms with Crippen LogP contribution in [0.5, 0.6) is 17.2 Å². The normalized spacial score (nSPS) is 14.9. The Morgan fingerprint density at radius 2 is 1.65 bits per heavy atom. The molecule has 2 heterocycles. The molecule has 0 saturated carbocycles. The lowest BCUT2D eigenvalue weighted by Crippen LogP contribution is -2.48. The van der Waals surface area contributed by atoms with Crippen molar-refractivity contribution in [3.05, 3.63) is 52.4 Å². The van der Waals surface area contributed by atoms with Crippen molar-refractivity contribution in [1.29, 1.82) is 0 Å². The molecule has 1 aliphatic rings. The first-order valence-corrected chi connectivity index (χ1v) is 11.5. The van der Waals surface area contributed by atoms with Crippen LogP contribution in [0.2, 0.25) is 0 Å². The molecule has 182 valence electrons. The van der Waals surface area contributed by atoms with Crippen LogP contribution in [0.4, 0.5) is 0 Å². The molecule has 0 bridgehead atoms. The van der Waals surface area contributed by atoms with Crippen LogP contribution in [0.1, 0.15) is 5.76 Å². The van der Waals surface area contributed by atoms with E-state index >= 15 is 0 Å². The predicted molar refractivity (Wildman–Crippen MR) is 131 cm³/mol. The van der Waals surface area contributed by atoms with E-state index in [-0.39, 0.29) is 12.0 Å². The van der Waals surface area contributed by atoms with E-state index in [2.05, 4.69) is 9.80 Å². The molecule has 8 nitrogen and oxygen atoms in total. The molecule has 1 aromatic heterocycles. The summed E-state index contributed by atoms with van der Waals surface area (Å²) >= 11 is 0. The first kappa shape index (κ1) is 24.1. The topological polar surface area (TPSA) is 84.6 Å². The van der Waals surface area contributed by atoms with Gasteiger partial charge in [0.15, 0.2) is 11.5 Å². The molecule has 3 aromatic rings. The smallest absolute Gasteiger partial charge is 0.200 e. The molecule has 4 rings (SSSR count). The van der Waals surface area contributed by atoms with Gasteiger partial charge in [-0.15, -0.1) is 0 Å². The van der Waals surface area contributed by atoms with Gasteiger partial charge in [-0.05, 0) is 36.8 Å². The number of β-amino-alcohol motifs (C(OH)–C–C–N with tert-alkyl or cyclic N) is 1. The summed E-state index contributed by atoms with van der Waals surface area (Å²) in [7, 11) is 3.14. The third kappa shape index (κ3) is 5.19. The highest BCUT2D eigenvalue weighted by Gasteiger charge is 2.18. The SMILES string of the molecule is COc1ccc(-c2c(C)oc3cc(OCCN4CCN(CCO)CC4)ccc3c2=O)cc1OC. The predicted octanol–water partition coefficient (Wildman–Crippen LogP) is 2.77. The highest BCUT2D eigenvalue weighted by molar-refractivity contribution is 5.84. The summed E-state index contributed by atoms with van der Waals surface area (Å²) in [4.78, 5) is 17.9. The molecule has 1 fully saturated rings. The fourth-order valence-corrected chi connectivity index (χ4v) is 4.37. The second-order valence-corrected chi connectivity index (χ2v) is 8.35. The minimum Gasteiger partial charge on any atom is -0.493 e. The van der Waals surface area contributed by atoms with Gasteiger partial charge in [-0.3, -0.25) is 14.6 Å². The first-order chi connectivity index (χ1) is 16.5. The van der Waals surface area contributed by atoms with Crippen molar-refractivity contribution in [1.82, 2.24) is 9.80 Å². The van der Waals surface area contributed by atoms with Crippen LogP contribution in [-0.2, 0) is 0 Å². The van der Waals surface area contributed by atoms with Crippen LogP contribution in [0, 0.1) is 6.92 Å². The van der Waals surface area contributed by atoms with Crippen LogP contribution < -0.4 is 19.6 Å². The van der Waals surface area contributed by atoms with E-state index in [0.717, 1.165) is 39.3 Å². The number of aliphatic hydroxyl groups excluding tert-OH is 1. The zero-order chi connectivity index (χ0) is 24.1. The van der Waals surface area contributed by atoms with E-state index in [1.54, 1.807) is 45.4 Å². The summed E-state index contributed by atoms with van der Waals surface area (Å²) in [6.07, 6.45) is 0. The third-order valence-corrected chi connectivity index (χ3v) is 6.27. The fourth-order valence-electron chi connectivity index (χ4n) is 4.37. The monoisotopic (exact) mass is 468 g/mol. The number of fused-ring (bicyclic) bond motifs is 1. The molecule has 0 radical (unpaired) electrons. The van der Waals surface area contributed by atoms with Crippen molar-refractivity contribution in [2.75, 3.05) is 66.7 Å². The van der Waals surface area contributed by atoms with Gasteiger partial charge >= 0.3 is 0 Å². The molecule has 8 heteroatoms. The Labute approximate surface area is 199 Å². The van der Waals surface area contributed by atoms with E-state index in [0.29, 0.717) is 51.7 Å². The summed E-state index contributed by atoms with van der Waals surface area (Å²) in [5, 5.41) is 9.57. The van der Waals surface area contributed by atoms with Crippen LogP contribution in [-0.4, -0.2) is 81.6 Å². The van der Waals surface area contributed by atoms with Crippen LogP contribution in [0.15, 0.2) is 45.6 Å². The van der Waals surface area contributed by atoms with Crippen molar-refractivity contribution in [2.24, 2.45) is 0 Å². The standard InChI is InChI=1S/C26H32N2O6/c1-18-25(19-4-7-22(31-2)24(16-19)32-3)26(30)21-6-5-20(17-23(21)34-18)33-15-13-28-10-8-27(9-11-28)12-14-29/h4-7,16-17,29H,8-15H2,1-3H3. The number of ether oxygens (including phenoxy) is 3. The van der Waals surface area contributed by atoms with Crippen molar-refractivity contribution in [3.8, 4) is 28.4 Å². The van der Waals surface area contributed by atoms with E-state index < -0.39 is 0 Å². The highest BCUT2D eigenvalue weighted by Crippen LogP contribution is 2.33. The molecule has 0 amide bonds. The molecular weight excluding hydrogens is 436 g/mol. The van der Waals surface area contributed by atoms with Crippen LogP contribution >= 0.6 is 0 Å². The van der Waals surface area contributed by atoms with Gasteiger partial charge in [0.25, 0.3) is 0 Å². The van der Waals surface area contributed by atoms with Crippen molar-refractivity contribution >= 4 is 11.0 Å². The summed E-state index contributed by atoms with van der Waals surface area (Å²) in [6.45, 7) is 7.96. The third-order valence-electron chi connectivity index (χ3n) is 6.27. The number of piperazine rings is 1. The lowest BCUT2D eigenvalue weighted by Gasteiger charge is -2.34. The highest BCUT2D eigenvalue weighted by atomic mass is 16.5. The zero-order valence-electron chi connectivity index (χ0n) is 20.0. The lowest BCUT2D eigenvalue weighted by molar-refractivity contribution is 0.102. The lowest BCUT2D eigenvalue weighted by atomic mass is 10.0. The van der Waals surface area contributed by atoms with Gasteiger partial charge in [0.2, 0.25) is 5.43 Å². The van der Waals surface area contributed by atoms with Gasteiger partial charge in [-0.2, -0.15) is 0 Å². The second-order valence-electron chi connectivity index (χ2n) is 8.35. The molecule has 1 N–H and O–H groups in total. The van der Waals surface area contributed by atoms with E-state index in [1.165, 1.54) is 0 Å². The van der Waals surface area contributed by atoms with Gasteiger partial charge in [-0.1, -0.05) is 6.07 Å².